The molecule has 1 atom stereocenters. The maximum atomic E-state index is 10.8. The largest absolute Gasteiger partial charge is 0.456 e. The van der Waals surface area contributed by atoms with Crippen LogP contribution >= 0.6 is 34.8 Å². The van der Waals surface area contributed by atoms with Gasteiger partial charge < -0.3 is 4.74 Å². The molecule has 0 fully saturated rings. The molecule has 5 heteroatoms. The van der Waals surface area contributed by atoms with Crippen LogP contribution in [-0.4, -0.2) is 11.8 Å². The predicted octanol–water partition coefficient (Wildman–Crippen LogP) is 3.84. The van der Waals surface area contributed by atoms with Gasteiger partial charge in [-0.25, -0.2) is 0 Å². The van der Waals surface area contributed by atoms with Gasteiger partial charge in [-0.15, -0.1) is 11.6 Å². The van der Waals surface area contributed by atoms with Gasteiger partial charge in [0, 0.05) is 22.5 Å². The van der Waals surface area contributed by atoms with Gasteiger partial charge in [0.05, 0.1) is 5.88 Å². The van der Waals surface area contributed by atoms with Crippen LogP contribution in [0, 0.1) is 0 Å². The lowest BCUT2D eigenvalue weighted by molar-refractivity contribution is -0.145. The second-order valence-electron chi connectivity index (χ2n) is 2.92. The molecule has 15 heavy (non-hydrogen) atoms. The second kappa shape index (κ2) is 5.59. The van der Waals surface area contributed by atoms with E-state index in [1.165, 1.54) is 6.92 Å². The van der Waals surface area contributed by atoms with Gasteiger partial charge in [0.25, 0.3) is 0 Å². The maximum Gasteiger partial charge on any atom is 0.303 e. The Balaban J connectivity index is 2.96. The van der Waals surface area contributed by atoms with Gasteiger partial charge in [-0.05, 0) is 12.1 Å². The summed E-state index contributed by atoms with van der Waals surface area (Å²) in [5.74, 6) is -0.243. The third kappa shape index (κ3) is 3.56. The van der Waals surface area contributed by atoms with Crippen molar-refractivity contribution in [1.82, 2.24) is 0 Å². The Labute approximate surface area is 103 Å². The first kappa shape index (κ1) is 12.6. The van der Waals surface area contributed by atoms with Gasteiger partial charge in [0.1, 0.15) is 6.10 Å². The molecule has 1 rings (SSSR count). The molecule has 0 amide bonds. The zero-order valence-corrected chi connectivity index (χ0v) is 10.2. The number of hydrogen-bond acceptors (Lipinski definition) is 2. The van der Waals surface area contributed by atoms with E-state index in [0.717, 1.165) is 0 Å². The van der Waals surface area contributed by atoms with Crippen LogP contribution in [0.5, 0.6) is 0 Å². The molecule has 0 aliphatic rings. The number of rotatable bonds is 3. The molecule has 1 aromatic carbocycles. The van der Waals surface area contributed by atoms with Gasteiger partial charge in [-0.2, -0.15) is 0 Å². The molecule has 2 nitrogen and oxygen atoms in total. The molecule has 0 N–H and O–H groups in total. The summed E-state index contributed by atoms with van der Waals surface area (Å²) in [5, 5.41) is 0.967. The van der Waals surface area contributed by atoms with Gasteiger partial charge in [-0.3, -0.25) is 4.79 Å². The van der Waals surface area contributed by atoms with E-state index in [2.05, 4.69) is 0 Å². The van der Waals surface area contributed by atoms with Gasteiger partial charge in [0.15, 0.2) is 0 Å². The van der Waals surface area contributed by atoms with E-state index in [0.29, 0.717) is 15.6 Å². The highest BCUT2D eigenvalue weighted by atomic mass is 35.5. The van der Waals surface area contributed by atoms with E-state index in [1.807, 2.05) is 0 Å². The standard InChI is InChI=1S/C10H9Cl3O2/c1-6(14)15-10(5-11)8-3-2-7(12)4-9(8)13/h2-4,10H,5H2,1H3. The lowest BCUT2D eigenvalue weighted by atomic mass is 10.1. The van der Waals surface area contributed by atoms with E-state index in [4.69, 9.17) is 39.5 Å². The maximum absolute atomic E-state index is 10.8. The topological polar surface area (TPSA) is 26.3 Å². The Morgan fingerprint density at radius 1 is 1.47 bits per heavy atom. The van der Waals surface area contributed by atoms with Crippen LogP contribution < -0.4 is 0 Å². The molecule has 1 unspecified atom stereocenters. The fraction of sp³-hybridized carbons (Fsp3) is 0.300. The van der Waals surface area contributed by atoms with Crippen LogP contribution in [0.4, 0.5) is 0 Å². The van der Waals surface area contributed by atoms with Crippen molar-refractivity contribution in [2.75, 3.05) is 5.88 Å². The summed E-state index contributed by atoms with van der Waals surface area (Å²) in [6, 6.07) is 4.95. The Kier molecular flexibility index (Phi) is 4.71. The van der Waals surface area contributed by atoms with Gasteiger partial charge in [-0.1, -0.05) is 29.3 Å². The molecule has 0 heterocycles. The van der Waals surface area contributed by atoms with E-state index in [1.54, 1.807) is 18.2 Å². The summed E-state index contributed by atoms with van der Waals surface area (Å²) in [5.41, 5.74) is 0.659. The smallest absolute Gasteiger partial charge is 0.303 e. The normalized spacial score (nSPS) is 12.3. The van der Waals surface area contributed by atoms with Crippen LogP contribution in [0.1, 0.15) is 18.6 Å². The highest BCUT2D eigenvalue weighted by molar-refractivity contribution is 6.35. The van der Waals surface area contributed by atoms with Crippen molar-refractivity contribution in [3.05, 3.63) is 33.8 Å². The number of benzene rings is 1. The highest BCUT2D eigenvalue weighted by Crippen LogP contribution is 2.29. The van der Waals surface area contributed by atoms with Crippen molar-refractivity contribution in [3.8, 4) is 0 Å². The number of carbonyl (C=O) groups is 1. The first-order chi connectivity index (χ1) is 7.04. The van der Waals surface area contributed by atoms with Crippen LogP contribution in [-0.2, 0) is 9.53 Å². The molecule has 1 aromatic rings. The molecule has 0 aliphatic carbocycles. The molecule has 0 aromatic heterocycles. The average Bonchev–Trinajstić information content (AvgIpc) is 2.14. The van der Waals surface area contributed by atoms with Crippen molar-refractivity contribution in [2.24, 2.45) is 0 Å². The third-order valence-electron chi connectivity index (χ3n) is 1.76. The summed E-state index contributed by atoms with van der Waals surface area (Å²) in [6.45, 7) is 1.32. The van der Waals surface area contributed by atoms with Crippen LogP contribution in [0.3, 0.4) is 0 Å². The van der Waals surface area contributed by atoms with E-state index in [-0.39, 0.29) is 5.88 Å². The number of hydrogen-bond donors (Lipinski definition) is 0. The molecule has 0 saturated heterocycles. The van der Waals surface area contributed by atoms with Crippen molar-refractivity contribution in [3.63, 3.8) is 0 Å². The lowest BCUT2D eigenvalue weighted by Gasteiger charge is -2.15. The Bertz CT molecular complexity index is 366. The molecule has 0 radical (unpaired) electrons. The van der Waals surface area contributed by atoms with Gasteiger partial charge >= 0.3 is 5.97 Å². The molecular weight excluding hydrogens is 258 g/mol. The Morgan fingerprint density at radius 2 is 2.13 bits per heavy atom. The van der Waals surface area contributed by atoms with E-state index in [9.17, 15) is 4.79 Å². The molecule has 82 valence electrons. The van der Waals surface area contributed by atoms with Crippen LogP contribution in [0.2, 0.25) is 10.0 Å². The predicted molar refractivity (Wildman–Crippen MR) is 61.7 cm³/mol. The van der Waals surface area contributed by atoms with Gasteiger partial charge in [0.2, 0.25) is 0 Å². The fourth-order valence-electron chi connectivity index (χ4n) is 1.14. The van der Waals surface area contributed by atoms with Crippen LogP contribution in [0.15, 0.2) is 18.2 Å². The third-order valence-corrected chi connectivity index (χ3v) is 2.60. The summed E-state index contributed by atoms with van der Waals surface area (Å²) in [6.07, 6.45) is -0.533. The summed E-state index contributed by atoms with van der Waals surface area (Å²) in [7, 11) is 0. The zero-order chi connectivity index (χ0) is 11.4. The zero-order valence-electron chi connectivity index (χ0n) is 7.97. The molecule has 0 saturated carbocycles. The molecule has 0 bridgehead atoms. The van der Waals surface area contributed by atoms with Crippen molar-refractivity contribution >= 4 is 40.8 Å². The minimum atomic E-state index is -0.533. The number of alkyl halides is 1. The highest BCUT2D eigenvalue weighted by Gasteiger charge is 2.16. The quantitative estimate of drug-likeness (QED) is 0.614. The molecule has 0 aliphatic heterocycles. The minimum Gasteiger partial charge on any atom is -0.456 e. The summed E-state index contributed by atoms with van der Waals surface area (Å²) >= 11 is 17.4. The van der Waals surface area contributed by atoms with E-state index >= 15 is 0 Å². The molecule has 0 spiro atoms. The van der Waals surface area contributed by atoms with E-state index < -0.39 is 12.1 Å². The number of carbonyl (C=O) groups excluding carboxylic acids is 1. The number of halogens is 3. The number of ether oxygens (including phenoxy) is 1. The SMILES string of the molecule is CC(=O)OC(CCl)c1ccc(Cl)cc1Cl. The Hall–Kier alpha value is -0.440. The number of esters is 1. The average molecular weight is 268 g/mol. The first-order valence-electron chi connectivity index (χ1n) is 4.22. The first-order valence-corrected chi connectivity index (χ1v) is 5.51. The molecular formula is C10H9Cl3O2. The van der Waals surface area contributed by atoms with Crippen molar-refractivity contribution in [2.45, 2.75) is 13.0 Å². The summed E-state index contributed by atoms with van der Waals surface area (Å²) < 4.78 is 5.01. The second-order valence-corrected chi connectivity index (χ2v) is 4.07. The van der Waals surface area contributed by atoms with Crippen molar-refractivity contribution < 1.29 is 9.53 Å². The van der Waals surface area contributed by atoms with Crippen molar-refractivity contribution in [1.29, 1.82) is 0 Å². The lowest BCUT2D eigenvalue weighted by Crippen LogP contribution is -2.10. The Morgan fingerprint density at radius 3 is 2.60 bits per heavy atom. The minimum absolute atomic E-state index is 0.154. The van der Waals surface area contributed by atoms with Crippen LogP contribution in [0.25, 0.3) is 0 Å². The summed E-state index contributed by atoms with van der Waals surface area (Å²) in [4.78, 5) is 10.8. The fourth-order valence-corrected chi connectivity index (χ4v) is 1.90. The monoisotopic (exact) mass is 266 g/mol.